The predicted molar refractivity (Wildman–Crippen MR) is 87.8 cm³/mol. The van der Waals surface area contributed by atoms with E-state index in [0.717, 1.165) is 6.42 Å². The van der Waals surface area contributed by atoms with Crippen LogP contribution in [0.15, 0.2) is 34.9 Å². The van der Waals surface area contributed by atoms with Gasteiger partial charge in [0, 0.05) is 19.2 Å². The van der Waals surface area contributed by atoms with Crippen LogP contribution < -0.4 is 4.74 Å². The zero-order valence-electron chi connectivity index (χ0n) is 14.2. The number of aryl methyl sites for hydroxylation is 1. The number of aliphatic hydroxyl groups excluding tert-OH is 1. The molecule has 0 spiro atoms. The van der Waals surface area contributed by atoms with Crippen LogP contribution in [0.3, 0.4) is 0 Å². The monoisotopic (exact) mass is 348 g/mol. The minimum Gasteiger partial charge on any atom is -0.488 e. The lowest BCUT2D eigenvalue weighted by Crippen LogP contribution is -2.53. The average Bonchev–Trinajstić information content (AvgIpc) is 3.02. The Kier molecular flexibility index (Phi) is 5.03. The standard InChI is InChI=1S/C18H21FN2O4/c1-11-9-16(25-20-11)18(23)21(2)14-7-4-8-15(17(14)22)24-13-6-3-5-12(19)10-13/h3,5-6,9-10,14-15,17,22H,4,7-8H2,1-2H3/t14-,15+,17+/m1/s1. The highest BCUT2D eigenvalue weighted by atomic mass is 19.1. The number of nitrogens with zero attached hydrogens (tertiary/aromatic N) is 2. The van der Waals surface area contributed by atoms with Crippen molar-refractivity contribution in [1.29, 1.82) is 0 Å². The van der Waals surface area contributed by atoms with Gasteiger partial charge in [-0.3, -0.25) is 4.79 Å². The summed E-state index contributed by atoms with van der Waals surface area (Å²) in [5, 5.41) is 14.4. The van der Waals surface area contributed by atoms with Crippen LogP contribution >= 0.6 is 0 Å². The Labute approximate surface area is 145 Å². The summed E-state index contributed by atoms with van der Waals surface area (Å²) in [4.78, 5) is 14.0. The van der Waals surface area contributed by atoms with Gasteiger partial charge >= 0.3 is 0 Å². The lowest BCUT2D eigenvalue weighted by atomic mass is 9.88. The van der Waals surface area contributed by atoms with Gasteiger partial charge in [-0.05, 0) is 38.3 Å². The van der Waals surface area contributed by atoms with Gasteiger partial charge in [0.1, 0.15) is 23.8 Å². The highest BCUT2D eigenvalue weighted by Gasteiger charge is 2.38. The normalized spacial score (nSPS) is 23.3. The predicted octanol–water partition coefficient (Wildman–Crippen LogP) is 2.56. The summed E-state index contributed by atoms with van der Waals surface area (Å²) in [5.74, 6) is -0.228. The van der Waals surface area contributed by atoms with E-state index in [9.17, 15) is 14.3 Å². The number of amides is 1. The average molecular weight is 348 g/mol. The molecule has 0 aliphatic heterocycles. The molecule has 1 aromatic heterocycles. The maximum atomic E-state index is 13.3. The summed E-state index contributed by atoms with van der Waals surface area (Å²) in [6, 6.07) is 6.96. The van der Waals surface area contributed by atoms with Crippen molar-refractivity contribution in [1.82, 2.24) is 10.1 Å². The number of carbonyl (C=O) groups is 1. The molecule has 1 aliphatic carbocycles. The molecule has 1 fully saturated rings. The van der Waals surface area contributed by atoms with Crippen LogP contribution in [-0.4, -0.2) is 46.4 Å². The van der Waals surface area contributed by atoms with Crippen LogP contribution in [0.1, 0.15) is 35.5 Å². The van der Waals surface area contributed by atoms with Gasteiger partial charge in [-0.15, -0.1) is 0 Å². The number of aliphatic hydroxyl groups is 1. The van der Waals surface area contributed by atoms with Gasteiger partial charge in [-0.25, -0.2) is 4.39 Å². The molecular weight excluding hydrogens is 327 g/mol. The SMILES string of the molecule is Cc1cc(C(=O)N(C)[C@@H]2CCC[C@H](Oc3cccc(F)c3)[C@H]2O)on1. The third-order valence-electron chi connectivity index (χ3n) is 4.50. The van der Waals surface area contributed by atoms with Crippen molar-refractivity contribution >= 4 is 5.91 Å². The molecular formula is C18H21FN2O4. The first kappa shape index (κ1) is 17.4. The number of hydrogen-bond donors (Lipinski definition) is 1. The van der Waals surface area contributed by atoms with Gasteiger partial charge in [0.15, 0.2) is 0 Å². The summed E-state index contributed by atoms with van der Waals surface area (Å²) >= 11 is 0. The van der Waals surface area contributed by atoms with Crippen LogP contribution in [0.2, 0.25) is 0 Å². The lowest BCUT2D eigenvalue weighted by Gasteiger charge is -2.39. The van der Waals surface area contributed by atoms with Gasteiger partial charge in [0.05, 0.1) is 11.7 Å². The van der Waals surface area contributed by atoms with Crippen LogP contribution in [0.4, 0.5) is 4.39 Å². The molecule has 3 rings (SSSR count). The molecule has 0 unspecified atom stereocenters. The van der Waals surface area contributed by atoms with E-state index in [-0.39, 0.29) is 11.7 Å². The topological polar surface area (TPSA) is 75.8 Å². The van der Waals surface area contributed by atoms with Crippen molar-refractivity contribution in [2.24, 2.45) is 0 Å². The number of hydrogen-bond acceptors (Lipinski definition) is 5. The molecule has 1 amide bonds. The first-order valence-electron chi connectivity index (χ1n) is 8.26. The van der Waals surface area contributed by atoms with Gasteiger partial charge in [0.2, 0.25) is 5.76 Å². The fraction of sp³-hybridized carbons (Fsp3) is 0.444. The van der Waals surface area contributed by atoms with Crippen molar-refractivity contribution < 1.29 is 23.6 Å². The molecule has 1 heterocycles. The van der Waals surface area contributed by atoms with Crippen molar-refractivity contribution in [2.75, 3.05) is 7.05 Å². The number of carbonyl (C=O) groups excluding carboxylic acids is 1. The number of aromatic nitrogens is 1. The van der Waals surface area contributed by atoms with E-state index in [1.165, 1.54) is 17.0 Å². The molecule has 134 valence electrons. The van der Waals surface area contributed by atoms with Gasteiger partial charge in [-0.1, -0.05) is 11.2 Å². The van der Waals surface area contributed by atoms with E-state index in [1.54, 1.807) is 32.2 Å². The maximum Gasteiger partial charge on any atom is 0.292 e. The highest BCUT2D eigenvalue weighted by molar-refractivity contribution is 5.91. The second-order valence-corrected chi connectivity index (χ2v) is 6.35. The molecule has 25 heavy (non-hydrogen) atoms. The van der Waals surface area contributed by atoms with Crippen molar-refractivity contribution in [3.8, 4) is 5.75 Å². The second-order valence-electron chi connectivity index (χ2n) is 6.35. The van der Waals surface area contributed by atoms with Crippen LogP contribution in [0.25, 0.3) is 0 Å². The minimum atomic E-state index is -0.880. The van der Waals surface area contributed by atoms with Crippen LogP contribution in [0.5, 0.6) is 5.75 Å². The Balaban J connectivity index is 1.70. The molecule has 1 saturated carbocycles. The van der Waals surface area contributed by atoms with Gasteiger partial charge in [0.25, 0.3) is 5.91 Å². The molecule has 2 aromatic rings. The third-order valence-corrected chi connectivity index (χ3v) is 4.50. The summed E-state index contributed by atoms with van der Waals surface area (Å²) < 4.78 is 24.1. The van der Waals surface area contributed by atoms with Crippen molar-refractivity contribution in [3.63, 3.8) is 0 Å². The minimum absolute atomic E-state index is 0.139. The molecule has 0 saturated heterocycles. The zero-order valence-corrected chi connectivity index (χ0v) is 14.2. The Morgan fingerprint density at radius 3 is 2.88 bits per heavy atom. The Morgan fingerprint density at radius 1 is 1.40 bits per heavy atom. The summed E-state index contributed by atoms with van der Waals surface area (Å²) in [7, 11) is 1.62. The van der Waals surface area contributed by atoms with E-state index < -0.39 is 24.1 Å². The largest absolute Gasteiger partial charge is 0.488 e. The lowest BCUT2D eigenvalue weighted by molar-refractivity contribution is -0.0420. The molecule has 3 atom stereocenters. The Bertz CT molecular complexity index is 748. The van der Waals surface area contributed by atoms with E-state index in [1.807, 2.05) is 0 Å². The summed E-state index contributed by atoms with van der Waals surface area (Å²) in [6.07, 6.45) is 0.689. The highest BCUT2D eigenvalue weighted by Crippen LogP contribution is 2.28. The number of halogens is 1. The molecule has 1 aromatic carbocycles. The fourth-order valence-corrected chi connectivity index (χ4v) is 3.17. The molecule has 0 bridgehead atoms. The Hall–Kier alpha value is -2.41. The number of ether oxygens (including phenoxy) is 1. The van der Waals surface area contributed by atoms with E-state index in [4.69, 9.17) is 9.26 Å². The quantitative estimate of drug-likeness (QED) is 0.919. The smallest absolute Gasteiger partial charge is 0.292 e. The number of likely N-dealkylation sites (N-methyl/N-ethyl adjacent to an activating group) is 1. The fourth-order valence-electron chi connectivity index (χ4n) is 3.17. The third kappa shape index (κ3) is 3.82. The van der Waals surface area contributed by atoms with Crippen molar-refractivity contribution in [2.45, 2.75) is 44.4 Å². The molecule has 0 radical (unpaired) electrons. The van der Waals surface area contributed by atoms with E-state index >= 15 is 0 Å². The molecule has 1 aliphatic rings. The van der Waals surface area contributed by atoms with E-state index in [2.05, 4.69) is 5.16 Å². The van der Waals surface area contributed by atoms with Gasteiger partial charge in [-0.2, -0.15) is 0 Å². The van der Waals surface area contributed by atoms with Crippen molar-refractivity contribution in [3.05, 3.63) is 47.6 Å². The Morgan fingerprint density at radius 2 is 2.20 bits per heavy atom. The first-order chi connectivity index (χ1) is 12.0. The first-order valence-corrected chi connectivity index (χ1v) is 8.26. The van der Waals surface area contributed by atoms with Crippen LogP contribution in [-0.2, 0) is 0 Å². The number of benzene rings is 1. The molecule has 7 heteroatoms. The molecule has 6 nitrogen and oxygen atoms in total. The maximum absolute atomic E-state index is 13.3. The second kappa shape index (κ2) is 7.23. The molecule has 1 N–H and O–H groups in total. The van der Waals surface area contributed by atoms with Crippen LogP contribution in [0, 0.1) is 12.7 Å². The van der Waals surface area contributed by atoms with Gasteiger partial charge < -0.3 is 19.3 Å². The number of rotatable bonds is 4. The zero-order chi connectivity index (χ0) is 18.0. The summed E-state index contributed by atoms with van der Waals surface area (Å²) in [5.41, 5.74) is 0.619. The summed E-state index contributed by atoms with van der Waals surface area (Å²) in [6.45, 7) is 1.73. The van der Waals surface area contributed by atoms with E-state index in [0.29, 0.717) is 24.3 Å².